The SMILES string of the molecule is CN(C)C(=O)CCNCc1ccc(Br)s1. The molecule has 1 aromatic rings. The van der Waals surface area contributed by atoms with Gasteiger partial charge in [-0.2, -0.15) is 0 Å². The molecule has 1 rings (SSSR count). The number of hydrogen-bond donors (Lipinski definition) is 1. The van der Waals surface area contributed by atoms with Gasteiger partial charge in [0.1, 0.15) is 0 Å². The standard InChI is InChI=1S/C10H15BrN2OS/c1-13(2)10(14)5-6-12-7-8-3-4-9(11)15-8/h3-4,12H,5-7H2,1-2H3. The van der Waals surface area contributed by atoms with Crippen LogP contribution in [0.2, 0.25) is 0 Å². The van der Waals surface area contributed by atoms with E-state index in [1.54, 1.807) is 30.3 Å². The molecule has 1 aromatic heterocycles. The third kappa shape index (κ3) is 4.77. The van der Waals surface area contributed by atoms with Crippen LogP contribution >= 0.6 is 27.3 Å². The lowest BCUT2D eigenvalue weighted by Crippen LogP contribution is -2.26. The summed E-state index contributed by atoms with van der Waals surface area (Å²) in [7, 11) is 3.55. The summed E-state index contributed by atoms with van der Waals surface area (Å²) >= 11 is 5.13. The number of carbonyl (C=O) groups is 1. The topological polar surface area (TPSA) is 32.3 Å². The van der Waals surface area contributed by atoms with Crippen molar-refractivity contribution in [3.63, 3.8) is 0 Å². The summed E-state index contributed by atoms with van der Waals surface area (Å²) in [6.45, 7) is 1.56. The third-order valence-electron chi connectivity index (χ3n) is 1.94. The number of hydrogen-bond acceptors (Lipinski definition) is 3. The van der Waals surface area contributed by atoms with Gasteiger partial charge in [-0.3, -0.25) is 4.79 Å². The van der Waals surface area contributed by atoms with Crippen LogP contribution in [0.4, 0.5) is 0 Å². The molecule has 0 aromatic carbocycles. The van der Waals surface area contributed by atoms with E-state index in [4.69, 9.17) is 0 Å². The van der Waals surface area contributed by atoms with Crippen LogP contribution in [0.15, 0.2) is 15.9 Å². The molecule has 84 valence electrons. The largest absolute Gasteiger partial charge is 0.349 e. The maximum atomic E-state index is 11.2. The Kier molecular flexibility index (Phi) is 5.28. The molecule has 0 aliphatic carbocycles. The van der Waals surface area contributed by atoms with Crippen LogP contribution in [-0.2, 0) is 11.3 Å². The zero-order chi connectivity index (χ0) is 11.3. The van der Waals surface area contributed by atoms with Crippen LogP contribution in [0.3, 0.4) is 0 Å². The molecule has 1 N–H and O–H groups in total. The van der Waals surface area contributed by atoms with Crippen LogP contribution in [0.25, 0.3) is 0 Å². The summed E-state index contributed by atoms with van der Waals surface area (Å²) in [5.74, 6) is 0.162. The van der Waals surface area contributed by atoms with Crippen molar-refractivity contribution in [1.29, 1.82) is 0 Å². The highest BCUT2D eigenvalue weighted by atomic mass is 79.9. The second-order valence-corrected chi connectivity index (χ2v) is 5.97. The first kappa shape index (κ1) is 12.7. The van der Waals surface area contributed by atoms with E-state index >= 15 is 0 Å². The molecule has 0 saturated heterocycles. The Morgan fingerprint density at radius 1 is 1.53 bits per heavy atom. The summed E-state index contributed by atoms with van der Waals surface area (Å²) in [6.07, 6.45) is 0.555. The third-order valence-corrected chi connectivity index (χ3v) is 3.57. The van der Waals surface area contributed by atoms with E-state index in [2.05, 4.69) is 27.3 Å². The number of nitrogens with one attached hydrogen (secondary N) is 1. The van der Waals surface area contributed by atoms with E-state index in [0.29, 0.717) is 6.42 Å². The van der Waals surface area contributed by atoms with Crippen LogP contribution in [0, 0.1) is 0 Å². The first-order valence-corrected chi connectivity index (χ1v) is 6.35. The highest BCUT2D eigenvalue weighted by molar-refractivity contribution is 9.11. The monoisotopic (exact) mass is 290 g/mol. The van der Waals surface area contributed by atoms with Crippen LogP contribution < -0.4 is 5.32 Å². The fourth-order valence-electron chi connectivity index (χ4n) is 1.08. The minimum absolute atomic E-state index is 0.162. The number of thiophene rings is 1. The van der Waals surface area contributed by atoms with E-state index in [9.17, 15) is 4.79 Å². The van der Waals surface area contributed by atoms with E-state index in [1.807, 2.05) is 6.07 Å². The Labute approximate surface area is 103 Å². The molecule has 0 aliphatic rings. The minimum atomic E-state index is 0.162. The van der Waals surface area contributed by atoms with Gasteiger partial charge in [0.15, 0.2) is 0 Å². The Morgan fingerprint density at radius 3 is 2.80 bits per heavy atom. The number of amides is 1. The summed E-state index contributed by atoms with van der Waals surface area (Å²) in [5.41, 5.74) is 0. The van der Waals surface area contributed by atoms with Crippen LogP contribution in [0.5, 0.6) is 0 Å². The van der Waals surface area contributed by atoms with Gasteiger partial charge in [-0.25, -0.2) is 0 Å². The Balaban J connectivity index is 2.15. The quantitative estimate of drug-likeness (QED) is 0.842. The molecule has 0 fully saturated rings. The molecule has 0 radical (unpaired) electrons. The first-order valence-electron chi connectivity index (χ1n) is 4.74. The normalized spacial score (nSPS) is 10.3. The molecule has 0 saturated carbocycles. The fourth-order valence-corrected chi connectivity index (χ4v) is 2.53. The molecule has 1 heterocycles. The van der Waals surface area contributed by atoms with Crippen LogP contribution in [0.1, 0.15) is 11.3 Å². The molecular weight excluding hydrogens is 276 g/mol. The molecule has 1 amide bonds. The molecule has 15 heavy (non-hydrogen) atoms. The van der Waals surface area contributed by atoms with Crippen molar-refractivity contribution in [2.75, 3.05) is 20.6 Å². The average molecular weight is 291 g/mol. The molecule has 0 spiro atoms. The Hall–Kier alpha value is -0.390. The Morgan fingerprint density at radius 2 is 2.27 bits per heavy atom. The second-order valence-electron chi connectivity index (χ2n) is 3.42. The predicted molar refractivity (Wildman–Crippen MR) is 67.0 cm³/mol. The van der Waals surface area contributed by atoms with Gasteiger partial charge in [-0.1, -0.05) is 0 Å². The summed E-state index contributed by atoms with van der Waals surface area (Å²) in [6, 6.07) is 4.11. The number of nitrogens with zero attached hydrogens (tertiary/aromatic N) is 1. The average Bonchev–Trinajstić information content (AvgIpc) is 2.58. The van der Waals surface area contributed by atoms with Gasteiger partial charge >= 0.3 is 0 Å². The van der Waals surface area contributed by atoms with Gasteiger partial charge in [0.2, 0.25) is 5.91 Å². The lowest BCUT2D eigenvalue weighted by molar-refractivity contribution is -0.128. The summed E-state index contributed by atoms with van der Waals surface area (Å²) < 4.78 is 1.14. The predicted octanol–water partition coefficient (Wildman–Crippen LogP) is 2.08. The van der Waals surface area contributed by atoms with Gasteiger partial charge < -0.3 is 10.2 Å². The van der Waals surface area contributed by atoms with E-state index in [0.717, 1.165) is 16.9 Å². The van der Waals surface area contributed by atoms with Gasteiger partial charge in [0.05, 0.1) is 3.79 Å². The molecule has 0 aliphatic heterocycles. The van der Waals surface area contributed by atoms with Gasteiger partial charge in [0.25, 0.3) is 0 Å². The van der Waals surface area contributed by atoms with Crippen molar-refractivity contribution in [3.8, 4) is 0 Å². The van der Waals surface area contributed by atoms with Gasteiger partial charge in [-0.15, -0.1) is 11.3 Å². The maximum absolute atomic E-state index is 11.2. The minimum Gasteiger partial charge on any atom is -0.349 e. The molecule has 0 unspecified atom stereocenters. The second kappa shape index (κ2) is 6.25. The fraction of sp³-hybridized carbons (Fsp3) is 0.500. The summed E-state index contributed by atoms with van der Waals surface area (Å²) in [5, 5.41) is 3.24. The molecule has 3 nitrogen and oxygen atoms in total. The van der Waals surface area contributed by atoms with Crippen LogP contribution in [-0.4, -0.2) is 31.4 Å². The highest BCUT2D eigenvalue weighted by Crippen LogP contribution is 2.21. The van der Waals surface area contributed by atoms with E-state index in [-0.39, 0.29) is 5.91 Å². The number of rotatable bonds is 5. The number of carbonyl (C=O) groups excluding carboxylic acids is 1. The lowest BCUT2D eigenvalue weighted by Gasteiger charge is -2.09. The van der Waals surface area contributed by atoms with Crippen molar-refractivity contribution >= 4 is 33.2 Å². The Bertz CT molecular complexity index is 325. The smallest absolute Gasteiger partial charge is 0.223 e. The van der Waals surface area contributed by atoms with Crippen molar-refractivity contribution in [3.05, 3.63) is 20.8 Å². The highest BCUT2D eigenvalue weighted by Gasteiger charge is 2.02. The molecular formula is C10H15BrN2OS. The molecule has 5 heteroatoms. The van der Waals surface area contributed by atoms with Gasteiger partial charge in [0, 0.05) is 38.5 Å². The molecule has 0 atom stereocenters. The summed E-state index contributed by atoms with van der Waals surface area (Å²) in [4.78, 5) is 14.1. The van der Waals surface area contributed by atoms with Gasteiger partial charge in [-0.05, 0) is 28.1 Å². The maximum Gasteiger partial charge on any atom is 0.223 e. The van der Waals surface area contributed by atoms with Crippen molar-refractivity contribution in [2.45, 2.75) is 13.0 Å². The zero-order valence-corrected chi connectivity index (χ0v) is 11.3. The van der Waals surface area contributed by atoms with E-state index in [1.165, 1.54) is 4.88 Å². The van der Waals surface area contributed by atoms with E-state index < -0.39 is 0 Å². The van der Waals surface area contributed by atoms with Crippen molar-refractivity contribution in [2.24, 2.45) is 0 Å². The number of halogens is 1. The zero-order valence-electron chi connectivity index (χ0n) is 8.92. The van der Waals surface area contributed by atoms with Crippen molar-refractivity contribution < 1.29 is 4.79 Å². The van der Waals surface area contributed by atoms with Crippen molar-refractivity contribution in [1.82, 2.24) is 10.2 Å². The molecule has 0 bridgehead atoms. The lowest BCUT2D eigenvalue weighted by atomic mass is 10.3. The first-order chi connectivity index (χ1) is 7.09.